The van der Waals surface area contributed by atoms with Crippen LogP contribution in [0.25, 0.3) is 0 Å². The molecular formula is C14H18N2O4. The lowest BCUT2D eigenvalue weighted by Gasteiger charge is -2.23. The molecule has 1 aliphatic rings. The minimum absolute atomic E-state index is 0.171. The van der Waals surface area contributed by atoms with Gasteiger partial charge in [-0.2, -0.15) is 0 Å². The molecule has 1 saturated heterocycles. The first-order valence-electron chi connectivity index (χ1n) is 6.43. The molecule has 6 heteroatoms. The maximum Gasteiger partial charge on any atom is 0.337 e. The molecule has 1 fully saturated rings. The van der Waals surface area contributed by atoms with Crippen LogP contribution in [-0.4, -0.2) is 44.8 Å². The molecule has 1 atom stereocenters. The first-order valence-corrected chi connectivity index (χ1v) is 6.43. The highest BCUT2D eigenvalue weighted by Crippen LogP contribution is 2.18. The van der Waals surface area contributed by atoms with Crippen LogP contribution in [0.1, 0.15) is 15.9 Å². The van der Waals surface area contributed by atoms with E-state index in [1.807, 2.05) is 6.92 Å². The molecule has 2 rings (SSSR count). The van der Waals surface area contributed by atoms with Gasteiger partial charge in [-0.3, -0.25) is 4.79 Å². The Morgan fingerprint density at radius 3 is 2.90 bits per heavy atom. The van der Waals surface area contributed by atoms with Crippen molar-refractivity contribution in [1.29, 1.82) is 0 Å². The fourth-order valence-electron chi connectivity index (χ4n) is 1.96. The lowest BCUT2D eigenvalue weighted by Crippen LogP contribution is -2.48. The van der Waals surface area contributed by atoms with Crippen molar-refractivity contribution in [2.75, 3.05) is 32.2 Å². The molecule has 0 radical (unpaired) electrons. The van der Waals surface area contributed by atoms with Crippen molar-refractivity contribution in [2.24, 2.45) is 0 Å². The van der Waals surface area contributed by atoms with E-state index in [1.165, 1.54) is 7.11 Å². The van der Waals surface area contributed by atoms with Gasteiger partial charge >= 0.3 is 5.97 Å². The summed E-state index contributed by atoms with van der Waals surface area (Å²) < 4.78 is 9.92. The normalized spacial score (nSPS) is 18.4. The Balaban J connectivity index is 2.11. The zero-order chi connectivity index (χ0) is 14.5. The molecule has 0 spiro atoms. The molecule has 1 unspecified atom stereocenters. The van der Waals surface area contributed by atoms with Crippen LogP contribution in [0.3, 0.4) is 0 Å². The minimum atomic E-state index is -0.431. The molecule has 0 saturated carbocycles. The number of morpholine rings is 1. The topological polar surface area (TPSA) is 76.7 Å². The van der Waals surface area contributed by atoms with Gasteiger partial charge in [0.15, 0.2) is 0 Å². The smallest absolute Gasteiger partial charge is 0.337 e. The predicted molar refractivity (Wildman–Crippen MR) is 73.8 cm³/mol. The third kappa shape index (κ3) is 3.34. The Hall–Kier alpha value is -1.92. The minimum Gasteiger partial charge on any atom is -0.465 e. The number of ether oxygens (including phenoxy) is 2. The van der Waals surface area contributed by atoms with Crippen molar-refractivity contribution in [2.45, 2.75) is 13.0 Å². The number of nitrogens with one attached hydrogen (secondary N) is 2. The molecule has 0 bridgehead atoms. The summed E-state index contributed by atoms with van der Waals surface area (Å²) in [5.74, 6) is -0.602. The van der Waals surface area contributed by atoms with Gasteiger partial charge in [-0.05, 0) is 24.6 Å². The monoisotopic (exact) mass is 278 g/mol. The highest BCUT2D eigenvalue weighted by atomic mass is 16.5. The third-order valence-corrected chi connectivity index (χ3v) is 3.15. The number of anilines is 1. The van der Waals surface area contributed by atoms with Crippen molar-refractivity contribution < 1.29 is 19.1 Å². The molecule has 1 aromatic rings. The van der Waals surface area contributed by atoms with Crippen molar-refractivity contribution in [3.63, 3.8) is 0 Å². The number of benzene rings is 1. The Kier molecular flexibility index (Phi) is 4.70. The average molecular weight is 278 g/mol. The van der Waals surface area contributed by atoms with E-state index in [9.17, 15) is 9.59 Å². The van der Waals surface area contributed by atoms with Crippen molar-refractivity contribution in [3.8, 4) is 0 Å². The summed E-state index contributed by atoms with van der Waals surface area (Å²) in [6, 6.07) is 4.68. The molecule has 20 heavy (non-hydrogen) atoms. The van der Waals surface area contributed by atoms with Crippen LogP contribution < -0.4 is 10.6 Å². The number of aryl methyl sites for hydroxylation is 1. The summed E-state index contributed by atoms with van der Waals surface area (Å²) in [5.41, 5.74) is 1.88. The van der Waals surface area contributed by atoms with Gasteiger partial charge in [0.1, 0.15) is 6.04 Å². The average Bonchev–Trinajstić information content (AvgIpc) is 2.49. The summed E-state index contributed by atoms with van der Waals surface area (Å²) >= 11 is 0. The highest BCUT2D eigenvalue weighted by molar-refractivity contribution is 5.97. The fraction of sp³-hybridized carbons (Fsp3) is 0.429. The van der Waals surface area contributed by atoms with Gasteiger partial charge in [-0.25, -0.2) is 4.79 Å². The molecule has 1 heterocycles. The van der Waals surface area contributed by atoms with Crippen LogP contribution in [0.5, 0.6) is 0 Å². The van der Waals surface area contributed by atoms with Gasteiger partial charge < -0.3 is 20.1 Å². The summed E-state index contributed by atoms with van der Waals surface area (Å²) in [5, 5.41) is 5.89. The molecule has 108 valence electrons. The fourth-order valence-corrected chi connectivity index (χ4v) is 1.96. The van der Waals surface area contributed by atoms with E-state index in [0.29, 0.717) is 31.0 Å². The number of amides is 1. The zero-order valence-electron chi connectivity index (χ0n) is 11.6. The van der Waals surface area contributed by atoms with Crippen LogP contribution in [0.15, 0.2) is 18.2 Å². The lowest BCUT2D eigenvalue weighted by molar-refractivity contribution is -0.120. The van der Waals surface area contributed by atoms with Gasteiger partial charge in [-0.15, -0.1) is 0 Å². The van der Waals surface area contributed by atoms with Crippen molar-refractivity contribution in [1.82, 2.24) is 5.32 Å². The number of carbonyl (C=O) groups is 2. The lowest BCUT2D eigenvalue weighted by atomic mass is 10.1. The second kappa shape index (κ2) is 6.49. The van der Waals surface area contributed by atoms with Gasteiger partial charge in [0.05, 0.1) is 25.9 Å². The zero-order valence-corrected chi connectivity index (χ0v) is 11.6. The molecule has 6 nitrogen and oxygen atoms in total. The van der Waals surface area contributed by atoms with E-state index in [4.69, 9.17) is 4.74 Å². The van der Waals surface area contributed by atoms with E-state index in [-0.39, 0.29) is 11.9 Å². The predicted octanol–water partition coefficient (Wildman–Crippen LogP) is 0.709. The maximum absolute atomic E-state index is 12.1. The molecule has 2 N–H and O–H groups in total. The molecule has 1 aromatic carbocycles. The standard InChI is InChI=1S/C14H18N2O4/c1-9-3-4-10(14(18)19-2)7-11(9)16-13(17)12-8-20-6-5-15-12/h3-4,7,12,15H,5-6,8H2,1-2H3,(H,16,17). The third-order valence-electron chi connectivity index (χ3n) is 3.15. The number of esters is 1. The van der Waals surface area contributed by atoms with Crippen LogP contribution in [0, 0.1) is 6.92 Å². The summed E-state index contributed by atoms with van der Waals surface area (Å²) in [7, 11) is 1.32. The number of carbonyl (C=O) groups excluding carboxylic acids is 2. The van der Waals surface area contributed by atoms with Gasteiger partial charge in [0.25, 0.3) is 0 Å². The van der Waals surface area contributed by atoms with Crippen LogP contribution >= 0.6 is 0 Å². The van der Waals surface area contributed by atoms with E-state index < -0.39 is 5.97 Å². The van der Waals surface area contributed by atoms with Crippen LogP contribution in [-0.2, 0) is 14.3 Å². The van der Waals surface area contributed by atoms with E-state index in [0.717, 1.165) is 5.56 Å². The first kappa shape index (κ1) is 14.5. The number of methoxy groups -OCH3 is 1. The van der Waals surface area contributed by atoms with Crippen molar-refractivity contribution in [3.05, 3.63) is 29.3 Å². The largest absolute Gasteiger partial charge is 0.465 e. The Morgan fingerprint density at radius 2 is 2.25 bits per heavy atom. The second-order valence-electron chi connectivity index (χ2n) is 4.59. The summed E-state index contributed by atoms with van der Waals surface area (Å²) in [6.07, 6.45) is 0. The maximum atomic E-state index is 12.1. The quantitative estimate of drug-likeness (QED) is 0.796. The molecule has 0 aromatic heterocycles. The molecular weight excluding hydrogens is 260 g/mol. The van der Waals surface area contributed by atoms with E-state index in [1.54, 1.807) is 18.2 Å². The SMILES string of the molecule is COC(=O)c1ccc(C)c(NC(=O)C2COCCN2)c1. The molecule has 0 aliphatic carbocycles. The number of hydrogen-bond donors (Lipinski definition) is 2. The molecule has 1 aliphatic heterocycles. The highest BCUT2D eigenvalue weighted by Gasteiger charge is 2.21. The summed E-state index contributed by atoms with van der Waals surface area (Å²) in [4.78, 5) is 23.6. The Labute approximate surface area is 117 Å². The van der Waals surface area contributed by atoms with Crippen LogP contribution in [0.2, 0.25) is 0 Å². The van der Waals surface area contributed by atoms with E-state index >= 15 is 0 Å². The Bertz CT molecular complexity index is 510. The number of hydrogen-bond acceptors (Lipinski definition) is 5. The van der Waals surface area contributed by atoms with Crippen LogP contribution in [0.4, 0.5) is 5.69 Å². The van der Waals surface area contributed by atoms with Gasteiger partial charge in [-0.1, -0.05) is 6.07 Å². The van der Waals surface area contributed by atoms with Crippen molar-refractivity contribution >= 4 is 17.6 Å². The first-order chi connectivity index (χ1) is 9.61. The van der Waals surface area contributed by atoms with Gasteiger partial charge in [0.2, 0.25) is 5.91 Å². The Morgan fingerprint density at radius 1 is 1.45 bits per heavy atom. The second-order valence-corrected chi connectivity index (χ2v) is 4.59. The summed E-state index contributed by atoms with van der Waals surface area (Å²) in [6.45, 7) is 3.48. The molecule has 1 amide bonds. The number of rotatable bonds is 3. The van der Waals surface area contributed by atoms with E-state index in [2.05, 4.69) is 15.4 Å². The van der Waals surface area contributed by atoms with Gasteiger partial charge in [0, 0.05) is 12.2 Å².